The molecule has 2 rings (SSSR count). The molecule has 0 saturated heterocycles. The van der Waals surface area contributed by atoms with Crippen molar-refractivity contribution in [2.45, 2.75) is 19.1 Å². The van der Waals surface area contributed by atoms with Crippen LogP contribution in [0.2, 0.25) is 0 Å². The number of aliphatic carboxylic acids is 1. The lowest BCUT2D eigenvalue weighted by Gasteiger charge is -2.08. The number of halogens is 3. The number of fused-ring (bicyclic) bond motifs is 1. The highest BCUT2D eigenvalue weighted by molar-refractivity contribution is 5.78. The van der Waals surface area contributed by atoms with Crippen molar-refractivity contribution in [2.24, 2.45) is 0 Å². The lowest BCUT2D eigenvalue weighted by Crippen LogP contribution is -2.22. The van der Waals surface area contributed by atoms with Gasteiger partial charge in [0.1, 0.15) is 0 Å². The van der Waals surface area contributed by atoms with Gasteiger partial charge in [-0.2, -0.15) is 13.2 Å². The molecule has 1 aromatic heterocycles. The standard InChI is InChI=1S/C12H9F3N2O3/c13-12(14,15)7-1-2-9-8(5-7)11(20)17(6-16-9)4-3-10(18)19/h1-2,5-6H,3-4H2,(H,18,19). The number of carbonyl (C=O) groups is 1. The molecule has 0 aliphatic rings. The first-order valence-electron chi connectivity index (χ1n) is 5.57. The molecule has 0 radical (unpaired) electrons. The first-order valence-corrected chi connectivity index (χ1v) is 5.57. The highest BCUT2D eigenvalue weighted by Gasteiger charge is 2.30. The molecule has 0 fully saturated rings. The van der Waals surface area contributed by atoms with E-state index in [1.54, 1.807) is 0 Å². The molecular formula is C12H9F3N2O3. The van der Waals surface area contributed by atoms with Crippen molar-refractivity contribution in [2.75, 3.05) is 0 Å². The Hall–Kier alpha value is -2.38. The Morgan fingerprint density at radius 2 is 2.05 bits per heavy atom. The third-order valence-corrected chi connectivity index (χ3v) is 2.72. The van der Waals surface area contributed by atoms with Crippen molar-refractivity contribution in [3.63, 3.8) is 0 Å². The topological polar surface area (TPSA) is 72.2 Å². The van der Waals surface area contributed by atoms with Crippen LogP contribution in [0.15, 0.2) is 29.3 Å². The van der Waals surface area contributed by atoms with Crippen LogP contribution in [0.5, 0.6) is 0 Å². The molecule has 0 aliphatic heterocycles. The number of hydrogen-bond acceptors (Lipinski definition) is 3. The van der Waals surface area contributed by atoms with E-state index in [4.69, 9.17) is 5.11 Å². The van der Waals surface area contributed by atoms with Crippen molar-refractivity contribution in [3.05, 3.63) is 40.4 Å². The Kier molecular flexibility index (Phi) is 3.47. The summed E-state index contributed by atoms with van der Waals surface area (Å²) in [7, 11) is 0. The van der Waals surface area contributed by atoms with Gasteiger partial charge < -0.3 is 5.11 Å². The number of aromatic nitrogens is 2. The van der Waals surface area contributed by atoms with E-state index in [1.807, 2.05) is 0 Å². The van der Waals surface area contributed by atoms with Gasteiger partial charge in [-0.05, 0) is 18.2 Å². The lowest BCUT2D eigenvalue weighted by atomic mass is 10.1. The van der Waals surface area contributed by atoms with Gasteiger partial charge in [0.05, 0.1) is 29.2 Å². The fourth-order valence-electron chi connectivity index (χ4n) is 1.71. The predicted octanol–water partition coefficient (Wildman–Crippen LogP) is 1.89. The van der Waals surface area contributed by atoms with Crippen LogP contribution < -0.4 is 5.56 Å². The van der Waals surface area contributed by atoms with Crippen LogP contribution in [-0.2, 0) is 17.5 Å². The molecule has 0 unspecified atom stereocenters. The van der Waals surface area contributed by atoms with Gasteiger partial charge in [0.25, 0.3) is 5.56 Å². The molecule has 0 bridgehead atoms. The molecular weight excluding hydrogens is 277 g/mol. The Balaban J connectivity index is 2.53. The van der Waals surface area contributed by atoms with Crippen LogP contribution >= 0.6 is 0 Å². The van der Waals surface area contributed by atoms with Gasteiger partial charge >= 0.3 is 12.1 Å². The van der Waals surface area contributed by atoms with E-state index in [1.165, 1.54) is 0 Å². The van der Waals surface area contributed by atoms with E-state index < -0.39 is 23.3 Å². The van der Waals surface area contributed by atoms with Crippen LogP contribution in [0.3, 0.4) is 0 Å². The summed E-state index contributed by atoms with van der Waals surface area (Å²) in [5.74, 6) is -1.11. The number of hydrogen-bond donors (Lipinski definition) is 1. The van der Waals surface area contributed by atoms with E-state index in [2.05, 4.69) is 4.98 Å². The fourth-order valence-corrected chi connectivity index (χ4v) is 1.71. The second-order valence-corrected chi connectivity index (χ2v) is 4.12. The van der Waals surface area contributed by atoms with Crippen LogP contribution in [0.4, 0.5) is 13.2 Å². The van der Waals surface area contributed by atoms with Crippen molar-refractivity contribution >= 4 is 16.9 Å². The third kappa shape index (κ3) is 2.79. The molecule has 8 heteroatoms. The number of alkyl halides is 3. The first kappa shape index (κ1) is 14.0. The van der Waals surface area contributed by atoms with Gasteiger partial charge in [-0.3, -0.25) is 14.2 Å². The maximum Gasteiger partial charge on any atom is 0.416 e. The Morgan fingerprint density at radius 3 is 2.65 bits per heavy atom. The van der Waals surface area contributed by atoms with Crippen LogP contribution in [0.1, 0.15) is 12.0 Å². The molecule has 1 N–H and O–H groups in total. The zero-order valence-electron chi connectivity index (χ0n) is 10.0. The molecule has 0 atom stereocenters. The molecule has 0 spiro atoms. The highest BCUT2D eigenvalue weighted by atomic mass is 19.4. The predicted molar refractivity (Wildman–Crippen MR) is 63.3 cm³/mol. The zero-order chi connectivity index (χ0) is 14.9. The Bertz CT molecular complexity index is 722. The number of carboxylic acid groups (broad SMARTS) is 1. The van der Waals surface area contributed by atoms with Crippen LogP contribution in [-0.4, -0.2) is 20.6 Å². The molecule has 106 valence electrons. The zero-order valence-corrected chi connectivity index (χ0v) is 10.0. The molecule has 1 heterocycles. The van der Waals surface area contributed by atoms with E-state index in [0.29, 0.717) is 0 Å². The van der Waals surface area contributed by atoms with Crippen molar-refractivity contribution in [1.29, 1.82) is 0 Å². The van der Waals surface area contributed by atoms with E-state index in [9.17, 15) is 22.8 Å². The number of rotatable bonds is 3. The summed E-state index contributed by atoms with van der Waals surface area (Å²) in [4.78, 5) is 26.3. The van der Waals surface area contributed by atoms with Crippen LogP contribution in [0.25, 0.3) is 10.9 Å². The number of nitrogens with zero attached hydrogens (tertiary/aromatic N) is 2. The van der Waals surface area contributed by atoms with Crippen LogP contribution in [0, 0.1) is 0 Å². The molecule has 1 aromatic carbocycles. The van der Waals surface area contributed by atoms with Gasteiger partial charge in [0.2, 0.25) is 0 Å². The van der Waals surface area contributed by atoms with Crippen molar-refractivity contribution < 1.29 is 23.1 Å². The minimum atomic E-state index is -4.55. The number of carboxylic acids is 1. The van der Waals surface area contributed by atoms with Gasteiger partial charge in [0, 0.05) is 6.54 Å². The summed E-state index contributed by atoms with van der Waals surface area (Å²) >= 11 is 0. The average Bonchev–Trinajstić information content (AvgIpc) is 2.36. The smallest absolute Gasteiger partial charge is 0.416 e. The lowest BCUT2D eigenvalue weighted by molar-refractivity contribution is -0.138. The molecule has 0 aliphatic carbocycles. The van der Waals surface area contributed by atoms with Gasteiger partial charge in [0.15, 0.2) is 0 Å². The Labute approximate surface area is 110 Å². The van der Waals surface area contributed by atoms with Gasteiger partial charge in [-0.15, -0.1) is 0 Å². The summed E-state index contributed by atoms with van der Waals surface area (Å²) in [6, 6.07) is 2.68. The molecule has 5 nitrogen and oxygen atoms in total. The molecule has 2 aromatic rings. The highest BCUT2D eigenvalue weighted by Crippen LogP contribution is 2.30. The van der Waals surface area contributed by atoms with Crippen molar-refractivity contribution in [3.8, 4) is 0 Å². The fraction of sp³-hybridized carbons (Fsp3) is 0.250. The quantitative estimate of drug-likeness (QED) is 0.935. The second-order valence-electron chi connectivity index (χ2n) is 4.12. The molecule has 0 saturated carbocycles. The average molecular weight is 286 g/mol. The maximum absolute atomic E-state index is 12.6. The summed E-state index contributed by atoms with van der Waals surface area (Å²) < 4.78 is 38.8. The largest absolute Gasteiger partial charge is 0.481 e. The summed E-state index contributed by atoms with van der Waals surface area (Å²) in [6.45, 7) is -0.145. The van der Waals surface area contributed by atoms with E-state index in [-0.39, 0.29) is 23.9 Å². The summed E-state index contributed by atoms with van der Waals surface area (Å²) in [5.41, 5.74) is -1.50. The summed E-state index contributed by atoms with van der Waals surface area (Å²) in [6.07, 6.45) is -3.74. The van der Waals surface area contributed by atoms with E-state index >= 15 is 0 Å². The number of benzene rings is 1. The Morgan fingerprint density at radius 1 is 1.35 bits per heavy atom. The molecule has 20 heavy (non-hydrogen) atoms. The first-order chi connectivity index (χ1) is 9.29. The third-order valence-electron chi connectivity index (χ3n) is 2.72. The van der Waals surface area contributed by atoms with Gasteiger partial charge in [-0.1, -0.05) is 0 Å². The van der Waals surface area contributed by atoms with E-state index in [0.717, 1.165) is 29.1 Å². The second kappa shape index (κ2) is 4.95. The number of aryl methyl sites for hydroxylation is 1. The minimum Gasteiger partial charge on any atom is -0.481 e. The van der Waals surface area contributed by atoms with Gasteiger partial charge in [-0.25, -0.2) is 4.98 Å². The molecule has 0 amide bonds. The minimum absolute atomic E-state index is 0.134. The SMILES string of the molecule is O=C(O)CCn1cnc2ccc(C(F)(F)F)cc2c1=O. The normalized spacial score (nSPS) is 11.8. The monoisotopic (exact) mass is 286 g/mol. The van der Waals surface area contributed by atoms with Crippen molar-refractivity contribution in [1.82, 2.24) is 9.55 Å². The summed E-state index contributed by atoms with van der Waals surface area (Å²) in [5, 5.41) is 8.36. The maximum atomic E-state index is 12.6.